The van der Waals surface area contributed by atoms with E-state index in [-0.39, 0.29) is 17.9 Å². The van der Waals surface area contributed by atoms with E-state index in [9.17, 15) is 9.59 Å². The quantitative estimate of drug-likeness (QED) is 0.881. The van der Waals surface area contributed by atoms with E-state index in [1.54, 1.807) is 10.7 Å². The Bertz CT molecular complexity index is 711. The minimum atomic E-state index is 0.0717. The summed E-state index contributed by atoms with van der Waals surface area (Å²) < 4.78 is 1.59. The predicted octanol–water partition coefficient (Wildman–Crippen LogP) is 1.41. The molecule has 7 heteroatoms. The molecule has 2 saturated heterocycles. The molecule has 1 unspecified atom stereocenters. The number of amides is 2. The number of aromatic nitrogens is 2. The van der Waals surface area contributed by atoms with Gasteiger partial charge in [0, 0.05) is 44.1 Å². The van der Waals surface area contributed by atoms with Crippen LogP contribution in [0.25, 0.3) is 0 Å². The first-order chi connectivity index (χ1) is 12.4. The van der Waals surface area contributed by atoms with Gasteiger partial charge in [0.1, 0.15) is 12.4 Å². The Balaban J connectivity index is 1.42. The Kier molecular flexibility index (Phi) is 4.40. The fourth-order valence-electron chi connectivity index (χ4n) is 4.55. The molecule has 1 atom stereocenters. The summed E-state index contributed by atoms with van der Waals surface area (Å²) in [6.07, 6.45) is 6.15. The lowest BCUT2D eigenvalue weighted by atomic mass is 9.73. The maximum absolute atomic E-state index is 12.8. The number of aryl methyl sites for hydroxylation is 1. The van der Waals surface area contributed by atoms with Gasteiger partial charge in [0.25, 0.3) is 0 Å². The summed E-state index contributed by atoms with van der Waals surface area (Å²) in [6.45, 7) is 5.34. The van der Waals surface area contributed by atoms with Crippen molar-refractivity contribution >= 4 is 17.6 Å². The minimum absolute atomic E-state index is 0.0717. The zero-order chi connectivity index (χ0) is 18.3. The first-order valence-corrected chi connectivity index (χ1v) is 9.80. The molecule has 0 bridgehead atoms. The first-order valence-electron chi connectivity index (χ1n) is 9.80. The number of piperidine rings is 2. The second-order valence-corrected chi connectivity index (χ2v) is 8.50. The number of nitrogen functional groups attached to an aromatic ring is 1. The van der Waals surface area contributed by atoms with E-state index in [2.05, 4.69) is 10.00 Å². The van der Waals surface area contributed by atoms with Gasteiger partial charge in [0.05, 0.1) is 5.69 Å². The van der Waals surface area contributed by atoms with Crippen molar-refractivity contribution in [1.82, 2.24) is 19.6 Å². The molecule has 1 aromatic rings. The first kappa shape index (κ1) is 17.4. The molecule has 3 aliphatic rings. The number of nitrogens with zero attached hydrogens (tertiary/aromatic N) is 4. The van der Waals surface area contributed by atoms with Gasteiger partial charge < -0.3 is 15.5 Å². The van der Waals surface area contributed by atoms with E-state index in [1.807, 2.05) is 11.8 Å². The third kappa shape index (κ3) is 3.57. The molecule has 4 rings (SSSR count). The maximum Gasteiger partial charge on any atom is 0.244 e. The number of nitrogens with two attached hydrogens (primary N) is 1. The molecule has 2 N–H and O–H groups in total. The van der Waals surface area contributed by atoms with Crippen LogP contribution in [0.3, 0.4) is 0 Å². The van der Waals surface area contributed by atoms with Crippen molar-refractivity contribution in [3.05, 3.63) is 11.8 Å². The fourth-order valence-corrected chi connectivity index (χ4v) is 4.55. The van der Waals surface area contributed by atoms with E-state index in [0.717, 1.165) is 51.1 Å². The standard InChI is InChI=1S/C19H29N5O2/c1-14-9-16(20)24(21-14)11-18(26)22-8-2-6-19(12-22)7-5-17(25)23(13-19)10-15-3-4-15/h9,15H,2-8,10-13,20H2,1H3. The largest absolute Gasteiger partial charge is 0.384 e. The van der Waals surface area contributed by atoms with Crippen molar-refractivity contribution in [1.29, 1.82) is 0 Å². The van der Waals surface area contributed by atoms with Gasteiger partial charge in [-0.2, -0.15) is 5.10 Å². The van der Waals surface area contributed by atoms with Gasteiger partial charge in [-0.05, 0) is 44.9 Å². The molecule has 0 radical (unpaired) electrons. The highest BCUT2D eigenvalue weighted by molar-refractivity contribution is 5.78. The molecule has 1 saturated carbocycles. The summed E-state index contributed by atoms with van der Waals surface area (Å²) in [6, 6.07) is 1.79. The van der Waals surface area contributed by atoms with E-state index >= 15 is 0 Å². The molecule has 0 aromatic carbocycles. The van der Waals surface area contributed by atoms with Gasteiger partial charge in [-0.15, -0.1) is 0 Å². The third-order valence-corrected chi connectivity index (χ3v) is 6.16. The lowest BCUT2D eigenvalue weighted by Gasteiger charge is -2.48. The second-order valence-electron chi connectivity index (χ2n) is 8.50. The van der Waals surface area contributed by atoms with Crippen LogP contribution >= 0.6 is 0 Å². The number of likely N-dealkylation sites (tertiary alicyclic amines) is 2. The van der Waals surface area contributed by atoms with E-state index in [4.69, 9.17) is 5.73 Å². The van der Waals surface area contributed by atoms with Gasteiger partial charge in [0.15, 0.2) is 0 Å². The lowest BCUT2D eigenvalue weighted by molar-refractivity contribution is -0.143. The highest BCUT2D eigenvalue weighted by Crippen LogP contribution is 2.40. The molecule has 26 heavy (non-hydrogen) atoms. The SMILES string of the molecule is Cc1cc(N)n(CC(=O)N2CCCC3(CCC(=O)N(CC4CC4)C3)C2)n1. The smallest absolute Gasteiger partial charge is 0.244 e. The van der Waals surface area contributed by atoms with Crippen LogP contribution < -0.4 is 5.73 Å². The molecule has 3 fully saturated rings. The van der Waals surface area contributed by atoms with Gasteiger partial charge in [-0.1, -0.05) is 0 Å². The van der Waals surface area contributed by atoms with Gasteiger partial charge in [0.2, 0.25) is 11.8 Å². The molecule has 2 aliphatic heterocycles. The predicted molar refractivity (Wildman–Crippen MR) is 98.2 cm³/mol. The van der Waals surface area contributed by atoms with Crippen LogP contribution in [0, 0.1) is 18.3 Å². The summed E-state index contributed by atoms with van der Waals surface area (Å²) in [5.41, 5.74) is 6.82. The zero-order valence-electron chi connectivity index (χ0n) is 15.6. The average molecular weight is 359 g/mol. The average Bonchev–Trinajstić information content (AvgIpc) is 3.36. The van der Waals surface area contributed by atoms with Crippen LogP contribution in [0.4, 0.5) is 5.82 Å². The molecular weight excluding hydrogens is 330 g/mol. The van der Waals surface area contributed by atoms with Gasteiger partial charge >= 0.3 is 0 Å². The monoisotopic (exact) mass is 359 g/mol. The topological polar surface area (TPSA) is 84.5 Å². The highest BCUT2D eigenvalue weighted by atomic mass is 16.2. The number of carbonyl (C=O) groups excluding carboxylic acids is 2. The van der Waals surface area contributed by atoms with Gasteiger partial charge in [-0.3, -0.25) is 9.59 Å². The maximum atomic E-state index is 12.8. The van der Waals surface area contributed by atoms with Crippen molar-refractivity contribution < 1.29 is 9.59 Å². The Morgan fingerprint density at radius 3 is 2.85 bits per heavy atom. The summed E-state index contributed by atoms with van der Waals surface area (Å²) >= 11 is 0. The van der Waals surface area contributed by atoms with E-state index in [0.29, 0.717) is 24.1 Å². The molecule has 1 aromatic heterocycles. The third-order valence-electron chi connectivity index (χ3n) is 6.16. The number of hydrogen-bond acceptors (Lipinski definition) is 4. The van der Waals surface area contributed by atoms with Crippen molar-refractivity contribution in [2.75, 3.05) is 31.9 Å². The molecule has 1 aliphatic carbocycles. The number of rotatable bonds is 4. The van der Waals surface area contributed by atoms with Crippen molar-refractivity contribution in [3.63, 3.8) is 0 Å². The zero-order valence-corrected chi connectivity index (χ0v) is 15.6. The van der Waals surface area contributed by atoms with Crippen LogP contribution in [0.2, 0.25) is 0 Å². The van der Waals surface area contributed by atoms with Crippen LogP contribution in [0.15, 0.2) is 6.07 Å². The lowest BCUT2D eigenvalue weighted by Crippen LogP contribution is -2.55. The number of hydrogen-bond donors (Lipinski definition) is 1. The molecule has 3 heterocycles. The van der Waals surface area contributed by atoms with Crippen LogP contribution in [0.1, 0.15) is 44.2 Å². The molecule has 2 amide bonds. The van der Waals surface area contributed by atoms with Crippen molar-refractivity contribution in [2.24, 2.45) is 11.3 Å². The molecule has 7 nitrogen and oxygen atoms in total. The molecule has 142 valence electrons. The minimum Gasteiger partial charge on any atom is -0.384 e. The Hall–Kier alpha value is -2.05. The van der Waals surface area contributed by atoms with E-state index in [1.165, 1.54) is 12.8 Å². The summed E-state index contributed by atoms with van der Waals surface area (Å²) in [4.78, 5) is 29.2. The number of anilines is 1. The summed E-state index contributed by atoms with van der Waals surface area (Å²) in [5, 5.41) is 4.30. The molecule has 1 spiro atoms. The number of carbonyl (C=O) groups is 2. The van der Waals surface area contributed by atoms with Crippen molar-refractivity contribution in [2.45, 2.75) is 52.0 Å². The summed E-state index contributed by atoms with van der Waals surface area (Å²) in [7, 11) is 0. The van der Waals surface area contributed by atoms with Gasteiger partial charge in [-0.25, -0.2) is 4.68 Å². The Labute approximate surface area is 154 Å². The van der Waals surface area contributed by atoms with Crippen LogP contribution in [-0.2, 0) is 16.1 Å². The second kappa shape index (κ2) is 6.59. The molecular formula is C19H29N5O2. The highest BCUT2D eigenvalue weighted by Gasteiger charge is 2.43. The fraction of sp³-hybridized carbons (Fsp3) is 0.737. The van der Waals surface area contributed by atoms with E-state index < -0.39 is 0 Å². The normalized spacial score (nSPS) is 26.6. The Morgan fingerprint density at radius 2 is 2.15 bits per heavy atom. The summed E-state index contributed by atoms with van der Waals surface area (Å²) in [5.74, 6) is 1.61. The van der Waals surface area contributed by atoms with Crippen LogP contribution in [-0.4, -0.2) is 57.6 Å². The van der Waals surface area contributed by atoms with Crippen molar-refractivity contribution in [3.8, 4) is 0 Å². The van der Waals surface area contributed by atoms with Crippen LogP contribution in [0.5, 0.6) is 0 Å². The Morgan fingerprint density at radius 1 is 1.35 bits per heavy atom.